The Morgan fingerprint density at radius 1 is 0.968 bits per heavy atom. The number of aliphatic hydroxyl groups is 1. The average Bonchev–Trinajstić information content (AvgIpc) is 3.26. The Hall–Kier alpha value is -2.08. The lowest BCUT2D eigenvalue weighted by molar-refractivity contribution is 0.106. The number of phenols is 1. The molecule has 2 saturated heterocycles. The van der Waals surface area contributed by atoms with Gasteiger partial charge in [0.05, 0.1) is 12.7 Å². The number of likely N-dealkylation sites (tertiary alicyclic amines) is 2. The van der Waals surface area contributed by atoms with Gasteiger partial charge in [0.2, 0.25) is 0 Å². The molecule has 0 aromatic heterocycles. The summed E-state index contributed by atoms with van der Waals surface area (Å²) in [6, 6.07) is 15.7. The molecule has 2 N–H and O–H groups in total. The molecule has 0 radical (unpaired) electrons. The summed E-state index contributed by atoms with van der Waals surface area (Å²) in [4.78, 5) is 4.92. The van der Waals surface area contributed by atoms with Crippen LogP contribution in [0.1, 0.15) is 61.8 Å². The fourth-order valence-electron chi connectivity index (χ4n) is 4.92. The second-order valence-electron chi connectivity index (χ2n) is 8.94. The van der Waals surface area contributed by atoms with Crippen LogP contribution in [-0.4, -0.2) is 59.3 Å². The number of piperidine rings is 1. The van der Waals surface area contributed by atoms with E-state index in [9.17, 15) is 10.2 Å². The molecular weight excluding hydrogens is 388 g/mol. The van der Waals surface area contributed by atoms with Gasteiger partial charge >= 0.3 is 0 Å². The molecule has 2 aliphatic rings. The first-order valence-electron chi connectivity index (χ1n) is 11.9. The van der Waals surface area contributed by atoms with Crippen LogP contribution >= 0.6 is 0 Å². The zero-order valence-electron chi connectivity index (χ0n) is 18.5. The van der Waals surface area contributed by atoms with E-state index in [1.165, 1.54) is 37.9 Å². The largest absolute Gasteiger partial charge is 0.508 e. The third-order valence-corrected chi connectivity index (χ3v) is 6.63. The smallest absolute Gasteiger partial charge is 0.119 e. The van der Waals surface area contributed by atoms with Gasteiger partial charge in [-0.05, 0) is 87.1 Å². The molecule has 2 unspecified atom stereocenters. The molecule has 2 atom stereocenters. The summed E-state index contributed by atoms with van der Waals surface area (Å²) in [6.07, 6.45) is 6.79. The molecule has 0 spiro atoms. The summed E-state index contributed by atoms with van der Waals surface area (Å²) in [5, 5.41) is 20.2. The van der Waals surface area contributed by atoms with Crippen molar-refractivity contribution in [3.8, 4) is 11.5 Å². The molecule has 0 bridgehead atoms. The summed E-state index contributed by atoms with van der Waals surface area (Å²) in [5.74, 6) is 1.17. The zero-order valence-corrected chi connectivity index (χ0v) is 18.5. The summed E-state index contributed by atoms with van der Waals surface area (Å²) in [5.41, 5.74) is 2.11. The van der Waals surface area contributed by atoms with Crippen LogP contribution in [0.2, 0.25) is 0 Å². The van der Waals surface area contributed by atoms with Gasteiger partial charge in [0.1, 0.15) is 11.5 Å². The second-order valence-corrected chi connectivity index (χ2v) is 8.94. The van der Waals surface area contributed by atoms with Gasteiger partial charge in [-0.25, -0.2) is 0 Å². The molecule has 0 saturated carbocycles. The van der Waals surface area contributed by atoms with Gasteiger partial charge in [0, 0.05) is 19.1 Å². The lowest BCUT2D eigenvalue weighted by Crippen LogP contribution is -2.31. The summed E-state index contributed by atoms with van der Waals surface area (Å²) in [7, 11) is 0. The zero-order chi connectivity index (χ0) is 21.5. The van der Waals surface area contributed by atoms with Crippen LogP contribution in [-0.2, 0) is 0 Å². The molecule has 5 heteroatoms. The van der Waals surface area contributed by atoms with Gasteiger partial charge in [-0.3, -0.25) is 4.90 Å². The molecular formula is C26H36N2O3. The molecule has 168 valence electrons. The third kappa shape index (κ3) is 6.22. The van der Waals surface area contributed by atoms with Crippen molar-refractivity contribution in [1.82, 2.24) is 9.80 Å². The number of hydrogen-bond acceptors (Lipinski definition) is 5. The van der Waals surface area contributed by atoms with E-state index < -0.39 is 6.10 Å². The molecule has 2 heterocycles. The summed E-state index contributed by atoms with van der Waals surface area (Å²) >= 11 is 0. The van der Waals surface area contributed by atoms with Crippen molar-refractivity contribution in [2.45, 2.75) is 50.7 Å². The fraction of sp³-hybridized carbons (Fsp3) is 0.538. The van der Waals surface area contributed by atoms with Crippen LogP contribution in [0.4, 0.5) is 0 Å². The normalized spacial score (nSPS) is 21.3. The van der Waals surface area contributed by atoms with E-state index in [1.807, 2.05) is 0 Å². The minimum absolute atomic E-state index is 0.225. The van der Waals surface area contributed by atoms with E-state index in [0.29, 0.717) is 12.6 Å². The maximum Gasteiger partial charge on any atom is 0.119 e. The maximum atomic E-state index is 10.7. The van der Waals surface area contributed by atoms with Gasteiger partial charge in [-0.15, -0.1) is 0 Å². The van der Waals surface area contributed by atoms with E-state index in [1.54, 1.807) is 24.3 Å². The van der Waals surface area contributed by atoms with E-state index >= 15 is 0 Å². The fourth-order valence-corrected chi connectivity index (χ4v) is 4.92. The molecule has 2 aliphatic heterocycles. The molecule has 5 nitrogen and oxygen atoms in total. The molecule has 2 fully saturated rings. The standard InChI is InChI=1S/C26H36N2O3/c29-23-12-10-21(11-13-23)26(30)20-28-17-5-9-25(28)22-7-4-8-24(19-22)31-18-6-16-27-14-2-1-3-15-27/h4,7-8,10-13,19,25-26,29-30H,1-3,5-6,9,14-18,20H2. The van der Waals surface area contributed by atoms with Crippen molar-refractivity contribution in [2.24, 2.45) is 0 Å². The van der Waals surface area contributed by atoms with Crippen LogP contribution in [0.25, 0.3) is 0 Å². The molecule has 0 aliphatic carbocycles. The van der Waals surface area contributed by atoms with Gasteiger partial charge in [0.15, 0.2) is 0 Å². The van der Waals surface area contributed by atoms with Crippen molar-refractivity contribution < 1.29 is 14.9 Å². The predicted octanol–water partition coefficient (Wildman–Crippen LogP) is 4.52. The highest BCUT2D eigenvalue weighted by Gasteiger charge is 2.28. The van der Waals surface area contributed by atoms with Crippen LogP contribution in [0.3, 0.4) is 0 Å². The third-order valence-electron chi connectivity index (χ3n) is 6.63. The van der Waals surface area contributed by atoms with Crippen LogP contribution in [0.5, 0.6) is 11.5 Å². The van der Waals surface area contributed by atoms with E-state index in [0.717, 1.165) is 50.3 Å². The summed E-state index contributed by atoms with van der Waals surface area (Å²) in [6.45, 7) is 5.95. The minimum Gasteiger partial charge on any atom is -0.508 e. The number of phenolic OH excluding ortho intramolecular Hbond substituents is 1. The number of nitrogens with zero attached hydrogens (tertiary/aromatic N) is 2. The SMILES string of the molecule is Oc1ccc(C(O)CN2CCCC2c2cccc(OCCCN3CCCCC3)c2)cc1. The highest BCUT2D eigenvalue weighted by Crippen LogP contribution is 2.35. The predicted molar refractivity (Wildman–Crippen MR) is 123 cm³/mol. The number of rotatable bonds is 9. The Balaban J connectivity index is 1.30. The van der Waals surface area contributed by atoms with Crippen molar-refractivity contribution in [1.29, 1.82) is 0 Å². The molecule has 2 aromatic carbocycles. The minimum atomic E-state index is -0.560. The Morgan fingerprint density at radius 2 is 1.77 bits per heavy atom. The van der Waals surface area contributed by atoms with Gasteiger partial charge in [-0.2, -0.15) is 0 Å². The lowest BCUT2D eigenvalue weighted by atomic mass is 10.0. The van der Waals surface area contributed by atoms with Gasteiger partial charge in [-0.1, -0.05) is 30.7 Å². The molecule has 31 heavy (non-hydrogen) atoms. The monoisotopic (exact) mass is 424 g/mol. The van der Waals surface area contributed by atoms with Crippen LogP contribution in [0, 0.1) is 0 Å². The van der Waals surface area contributed by atoms with Crippen molar-refractivity contribution in [3.05, 3.63) is 59.7 Å². The Kier molecular flexibility index (Phi) is 7.84. The van der Waals surface area contributed by atoms with Crippen LogP contribution in [0.15, 0.2) is 48.5 Å². The number of ether oxygens (including phenoxy) is 1. The Bertz CT molecular complexity index is 805. The highest BCUT2D eigenvalue weighted by atomic mass is 16.5. The number of aliphatic hydroxyl groups excluding tert-OH is 1. The molecule has 0 amide bonds. The molecule has 4 rings (SSSR count). The number of β-amino-alcohol motifs (C(OH)–C–C–N with tert-alkyl or cyclic N) is 1. The Labute approximate surface area is 186 Å². The van der Waals surface area contributed by atoms with Crippen molar-refractivity contribution in [2.75, 3.05) is 39.3 Å². The van der Waals surface area contributed by atoms with Crippen molar-refractivity contribution in [3.63, 3.8) is 0 Å². The second kappa shape index (κ2) is 11.0. The Morgan fingerprint density at radius 3 is 2.58 bits per heavy atom. The topological polar surface area (TPSA) is 56.2 Å². The first kappa shape index (κ1) is 22.1. The van der Waals surface area contributed by atoms with E-state index in [-0.39, 0.29) is 5.75 Å². The van der Waals surface area contributed by atoms with E-state index in [4.69, 9.17) is 4.74 Å². The summed E-state index contributed by atoms with van der Waals surface area (Å²) < 4.78 is 6.08. The number of hydrogen-bond donors (Lipinski definition) is 2. The van der Waals surface area contributed by atoms with Crippen molar-refractivity contribution >= 4 is 0 Å². The highest BCUT2D eigenvalue weighted by molar-refractivity contribution is 5.31. The lowest BCUT2D eigenvalue weighted by Gasteiger charge is -2.27. The first-order valence-corrected chi connectivity index (χ1v) is 11.9. The van der Waals surface area contributed by atoms with E-state index in [2.05, 4.69) is 34.1 Å². The maximum absolute atomic E-state index is 10.7. The average molecular weight is 425 g/mol. The van der Waals surface area contributed by atoms with Gasteiger partial charge in [0.25, 0.3) is 0 Å². The first-order chi connectivity index (χ1) is 15.2. The molecule has 2 aromatic rings. The van der Waals surface area contributed by atoms with Crippen LogP contribution < -0.4 is 4.74 Å². The number of benzene rings is 2. The number of aromatic hydroxyl groups is 1. The quantitative estimate of drug-likeness (QED) is 0.580. The van der Waals surface area contributed by atoms with Gasteiger partial charge < -0.3 is 19.8 Å².